The van der Waals surface area contributed by atoms with Gasteiger partial charge in [-0.2, -0.15) is 0 Å². The van der Waals surface area contributed by atoms with Gasteiger partial charge in [0.25, 0.3) is 0 Å². The Bertz CT molecular complexity index is 869. The van der Waals surface area contributed by atoms with Gasteiger partial charge in [-0.1, -0.05) is 19.0 Å². The molecule has 6 nitrogen and oxygen atoms in total. The molecule has 0 bridgehead atoms. The molecule has 0 saturated heterocycles. The van der Waals surface area contributed by atoms with E-state index < -0.39 is 0 Å². The van der Waals surface area contributed by atoms with Gasteiger partial charge in [-0.05, 0) is 41.5 Å². The maximum atomic E-state index is 12.8. The number of hydrogen-bond donors (Lipinski definition) is 1. The number of fused-ring (bicyclic) bond motifs is 4. The van der Waals surface area contributed by atoms with Crippen molar-refractivity contribution >= 4 is 11.5 Å². The highest BCUT2D eigenvalue weighted by Crippen LogP contribution is 2.49. The molecule has 4 rings (SSSR count). The molecule has 1 atom stereocenters. The molecule has 0 saturated carbocycles. The van der Waals surface area contributed by atoms with Crippen molar-refractivity contribution in [2.24, 2.45) is 10.6 Å². The van der Waals surface area contributed by atoms with Crippen LogP contribution in [0.1, 0.15) is 50.3 Å². The van der Waals surface area contributed by atoms with E-state index >= 15 is 0 Å². The van der Waals surface area contributed by atoms with Crippen LogP contribution in [0.5, 0.6) is 11.5 Å². The zero-order chi connectivity index (χ0) is 19.3. The van der Waals surface area contributed by atoms with E-state index in [4.69, 9.17) is 9.47 Å². The summed E-state index contributed by atoms with van der Waals surface area (Å²) in [5.41, 5.74) is 4.46. The molecule has 3 aliphatic rings. The molecule has 0 fully saturated rings. The van der Waals surface area contributed by atoms with Crippen LogP contribution in [-0.4, -0.2) is 42.4 Å². The molecule has 1 aromatic rings. The van der Waals surface area contributed by atoms with E-state index in [1.165, 1.54) is 5.56 Å². The zero-order valence-corrected chi connectivity index (χ0v) is 16.3. The van der Waals surface area contributed by atoms with Crippen LogP contribution in [-0.2, 0) is 11.2 Å². The van der Waals surface area contributed by atoms with Gasteiger partial charge in [0.15, 0.2) is 17.3 Å². The van der Waals surface area contributed by atoms with Crippen LogP contribution in [0.2, 0.25) is 0 Å². The molecule has 0 spiro atoms. The SMILES string of the molecule is COc1cc2c(cc1OC)[C@H]1C/C(=N/O)C3=C(CC(C)(C)CC3=O)N1CC2. The second kappa shape index (κ2) is 6.29. The Morgan fingerprint density at radius 2 is 1.89 bits per heavy atom. The first-order chi connectivity index (χ1) is 12.9. The van der Waals surface area contributed by atoms with E-state index in [-0.39, 0.29) is 17.2 Å². The Balaban J connectivity index is 1.84. The van der Waals surface area contributed by atoms with Gasteiger partial charge in [0.1, 0.15) is 0 Å². The van der Waals surface area contributed by atoms with E-state index in [2.05, 4.69) is 23.9 Å². The monoisotopic (exact) mass is 370 g/mol. The minimum absolute atomic E-state index is 0.0416. The minimum Gasteiger partial charge on any atom is -0.493 e. The first kappa shape index (κ1) is 17.9. The lowest BCUT2D eigenvalue weighted by molar-refractivity contribution is -0.118. The molecule has 2 aliphatic heterocycles. The minimum atomic E-state index is -0.0871. The zero-order valence-electron chi connectivity index (χ0n) is 16.3. The smallest absolute Gasteiger partial charge is 0.167 e. The Morgan fingerprint density at radius 3 is 2.56 bits per heavy atom. The van der Waals surface area contributed by atoms with E-state index in [1.54, 1.807) is 14.2 Å². The summed E-state index contributed by atoms with van der Waals surface area (Å²) in [6, 6.07) is 4.11. The number of ketones is 1. The number of Topliss-reactive ketones (excluding diaryl/α,β-unsaturated/α-hetero) is 1. The molecule has 0 radical (unpaired) electrons. The molecular weight excluding hydrogens is 344 g/mol. The Hall–Kier alpha value is -2.50. The third-order valence-electron chi connectivity index (χ3n) is 6.00. The number of hydrogen-bond acceptors (Lipinski definition) is 6. The molecule has 6 heteroatoms. The summed E-state index contributed by atoms with van der Waals surface area (Å²) in [4.78, 5) is 15.1. The fraction of sp³-hybridized carbons (Fsp3) is 0.524. The number of benzene rings is 1. The van der Waals surface area contributed by atoms with Gasteiger partial charge in [0.05, 0.1) is 31.5 Å². The molecule has 1 aliphatic carbocycles. The second-order valence-corrected chi connectivity index (χ2v) is 8.38. The van der Waals surface area contributed by atoms with Gasteiger partial charge in [-0.3, -0.25) is 4.79 Å². The maximum Gasteiger partial charge on any atom is 0.167 e. The third kappa shape index (κ3) is 2.78. The topological polar surface area (TPSA) is 71.4 Å². The maximum absolute atomic E-state index is 12.8. The summed E-state index contributed by atoms with van der Waals surface area (Å²) in [7, 11) is 3.28. The van der Waals surface area contributed by atoms with Crippen molar-refractivity contribution in [3.8, 4) is 11.5 Å². The lowest BCUT2D eigenvalue weighted by Crippen LogP contribution is -2.45. The summed E-state index contributed by atoms with van der Waals surface area (Å²) in [6.07, 6.45) is 2.70. The average molecular weight is 370 g/mol. The van der Waals surface area contributed by atoms with Crippen molar-refractivity contribution in [1.29, 1.82) is 0 Å². The van der Waals surface area contributed by atoms with Crippen LogP contribution in [0.3, 0.4) is 0 Å². The van der Waals surface area contributed by atoms with Gasteiger partial charge < -0.3 is 19.6 Å². The van der Waals surface area contributed by atoms with Crippen LogP contribution in [0, 0.1) is 5.41 Å². The van der Waals surface area contributed by atoms with Crippen LogP contribution < -0.4 is 9.47 Å². The summed E-state index contributed by atoms with van der Waals surface area (Å²) in [5.74, 6) is 1.51. The lowest BCUT2D eigenvalue weighted by Gasteiger charge is -2.48. The highest BCUT2D eigenvalue weighted by atomic mass is 16.5. The van der Waals surface area contributed by atoms with Crippen LogP contribution in [0.25, 0.3) is 0 Å². The Labute approximate surface area is 159 Å². The van der Waals surface area contributed by atoms with Gasteiger partial charge in [-0.15, -0.1) is 0 Å². The highest BCUT2D eigenvalue weighted by Gasteiger charge is 2.44. The highest BCUT2D eigenvalue weighted by molar-refractivity contribution is 6.24. The number of methoxy groups -OCH3 is 2. The molecule has 1 N–H and O–H groups in total. The van der Waals surface area contributed by atoms with Crippen molar-refractivity contribution in [3.05, 3.63) is 34.5 Å². The number of allylic oxidation sites excluding steroid dienone is 2. The molecular formula is C21H26N2O4. The first-order valence-electron chi connectivity index (χ1n) is 9.37. The van der Waals surface area contributed by atoms with E-state index in [0.29, 0.717) is 29.9 Å². The Kier molecular flexibility index (Phi) is 4.17. The number of nitrogens with zero attached hydrogens (tertiary/aromatic N) is 2. The van der Waals surface area contributed by atoms with Crippen molar-refractivity contribution in [2.45, 2.75) is 45.6 Å². The fourth-order valence-electron chi connectivity index (χ4n) is 4.81. The van der Waals surface area contributed by atoms with Crippen molar-refractivity contribution in [2.75, 3.05) is 20.8 Å². The summed E-state index contributed by atoms with van der Waals surface area (Å²) >= 11 is 0. The van der Waals surface area contributed by atoms with Crippen LogP contribution in [0.15, 0.2) is 28.6 Å². The summed E-state index contributed by atoms with van der Waals surface area (Å²) in [6.45, 7) is 5.09. The second-order valence-electron chi connectivity index (χ2n) is 8.38. The number of ether oxygens (including phenoxy) is 2. The molecule has 2 heterocycles. The van der Waals surface area contributed by atoms with Gasteiger partial charge in [0, 0.05) is 25.1 Å². The van der Waals surface area contributed by atoms with Crippen molar-refractivity contribution in [1.82, 2.24) is 4.90 Å². The first-order valence-corrected chi connectivity index (χ1v) is 9.37. The summed E-state index contributed by atoms with van der Waals surface area (Å²) in [5, 5.41) is 13.2. The molecule has 0 amide bonds. The third-order valence-corrected chi connectivity index (χ3v) is 6.00. The van der Waals surface area contributed by atoms with Gasteiger partial charge in [0.2, 0.25) is 0 Å². The normalized spacial score (nSPS) is 25.0. The number of carbonyl (C=O) groups is 1. The standard InChI is InChI=1S/C21H26N2O4/c1-21(2)10-16-20(17(24)11-21)14(22-25)9-15-13-8-19(27-4)18(26-3)7-12(13)5-6-23(15)16/h7-8,15,25H,5-6,9-11H2,1-4H3/b22-14-/t15-/m1/s1. The number of carbonyl (C=O) groups excluding carboxylic acids is 1. The Morgan fingerprint density at radius 1 is 1.19 bits per heavy atom. The van der Waals surface area contributed by atoms with E-state index in [0.717, 1.165) is 36.4 Å². The number of rotatable bonds is 2. The lowest BCUT2D eigenvalue weighted by atomic mass is 9.71. The molecule has 0 aromatic heterocycles. The molecule has 1 aromatic carbocycles. The van der Waals surface area contributed by atoms with E-state index in [9.17, 15) is 10.0 Å². The van der Waals surface area contributed by atoms with Crippen LogP contribution >= 0.6 is 0 Å². The van der Waals surface area contributed by atoms with Crippen molar-refractivity contribution in [3.63, 3.8) is 0 Å². The summed E-state index contributed by atoms with van der Waals surface area (Å²) < 4.78 is 11.0. The van der Waals surface area contributed by atoms with Gasteiger partial charge in [-0.25, -0.2) is 0 Å². The average Bonchev–Trinajstić information content (AvgIpc) is 2.64. The molecule has 144 valence electrons. The fourth-order valence-corrected chi connectivity index (χ4v) is 4.81. The predicted molar refractivity (Wildman–Crippen MR) is 102 cm³/mol. The largest absolute Gasteiger partial charge is 0.493 e. The van der Waals surface area contributed by atoms with Crippen molar-refractivity contribution < 1.29 is 19.5 Å². The quantitative estimate of drug-likeness (QED) is 0.637. The van der Waals surface area contributed by atoms with Gasteiger partial charge >= 0.3 is 0 Å². The van der Waals surface area contributed by atoms with E-state index in [1.807, 2.05) is 12.1 Å². The molecule has 0 unspecified atom stereocenters. The molecule has 27 heavy (non-hydrogen) atoms. The van der Waals surface area contributed by atoms with Crippen LogP contribution in [0.4, 0.5) is 0 Å². The predicted octanol–water partition coefficient (Wildman–Crippen LogP) is 3.48. The number of oxime groups is 1.